The number of carbonyl (C=O) groups excluding carboxylic acids is 1. The van der Waals surface area contributed by atoms with E-state index >= 15 is 0 Å². The van der Waals surface area contributed by atoms with Crippen molar-refractivity contribution >= 4 is 17.4 Å². The molecule has 2 aromatic heterocycles. The normalized spacial score (nSPS) is 15.4. The first-order valence-electron chi connectivity index (χ1n) is 7.73. The highest BCUT2D eigenvalue weighted by Crippen LogP contribution is 2.17. The number of nitrogens with one attached hydrogen (secondary N) is 1. The van der Waals surface area contributed by atoms with Gasteiger partial charge in [-0.25, -0.2) is 4.98 Å². The van der Waals surface area contributed by atoms with Crippen LogP contribution < -0.4 is 10.2 Å². The molecule has 116 valence electrons. The Labute approximate surface area is 130 Å². The van der Waals surface area contributed by atoms with Gasteiger partial charge in [0.25, 0.3) is 5.91 Å². The van der Waals surface area contributed by atoms with Gasteiger partial charge in [-0.15, -0.1) is 0 Å². The molecule has 1 amide bonds. The maximum atomic E-state index is 12.2. The maximum absolute atomic E-state index is 12.2. The van der Waals surface area contributed by atoms with Crippen LogP contribution in [0.1, 0.15) is 36.0 Å². The van der Waals surface area contributed by atoms with Gasteiger partial charge in [0.05, 0.1) is 17.4 Å². The number of anilines is 2. The van der Waals surface area contributed by atoms with Crippen molar-refractivity contribution in [2.45, 2.75) is 25.7 Å². The van der Waals surface area contributed by atoms with Crippen molar-refractivity contribution in [3.05, 3.63) is 36.3 Å². The Hall–Kier alpha value is -2.37. The van der Waals surface area contributed by atoms with E-state index in [1.165, 1.54) is 25.7 Å². The molecular formula is C16H21N5O. The van der Waals surface area contributed by atoms with Crippen LogP contribution >= 0.6 is 0 Å². The number of pyridine rings is 1. The minimum Gasteiger partial charge on any atom is -0.357 e. The summed E-state index contributed by atoms with van der Waals surface area (Å²) in [5.74, 6) is 0.794. The summed E-state index contributed by atoms with van der Waals surface area (Å²) in [4.78, 5) is 18.9. The second-order valence-electron chi connectivity index (χ2n) is 5.66. The molecule has 6 heteroatoms. The minimum atomic E-state index is -0.164. The van der Waals surface area contributed by atoms with E-state index in [1.54, 1.807) is 23.3 Å². The van der Waals surface area contributed by atoms with E-state index in [4.69, 9.17) is 0 Å². The minimum absolute atomic E-state index is 0.164. The fraction of sp³-hybridized carbons (Fsp3) is 0.438. The summed E-state index contributed by atoms with van der Waals surface area (Å²) in [6.07, 6.45) is 10.0. The van der Waals surface area contributed by atoms with Gasteiger partial charge in [0.15, 0.2) is 0 Å². The molecule has 1 fully saturated rings. The smallest absolute Gasteiger partial charge is 0.257 e. The number of aromatic nitrogens is 3. The molecule has 0 aromatic carbocycles. The highest BCUT2D eigenvalue weighted by atomic mass is 16.1. The molecule has 3 heterocycles. The van der Waals surface area contributed by atoms with Crippen molar-refractivity contribution in [2.75, 3.05) is 23.3 Å². The van der Waals surface area contributed by atoms with Crippen molar-refractivity contribution in [3.63, 3.8) is 0 Å². The van der Waals surface area contributed by atoms with Crippen LogP contribution in [-0.2, 0) is 7.05 Å². The maximum Gasteiger partial charge on any atom is 0.257 e. The Kier molecular flexibility index (Phi) is 4.37. The van der Waals surface area contributed by atoms with Crippen LogP contribution in [0.5, 0.6) is 0 Å². The van der Waals surface area contributed by atoms with E-state index < -0.39 is 0 Å². The molecule has 0 radical (unpaired) electrons. The summed E-state index contributed by atoms with van der Waals surface area (Å²) in [5, 5.41) is 6.84. The van der Waals surface area contributed by atoms with Gasteiger partial charge in [0.2, 0.25) is 0 Å². The van der Waals surface area contributed by atoms with E-state index in [2.05, 4.69) is 20.3 Å². The van der Waals surface area contributed by atoms with E-state index in [0.717, 1.165) is 18.9 Å². The first kappa shape index (κ1) is 14.6. The number of amides is 1. The summed E-state index contributed by atoms with van der Waals surface area (Å²) < 4.78 is 1.65. The third-order valence-corrected chi connectivity index (χ3v) is 3.90. The van der Waals surface area contributed by atoms with Crippen LogP contribution in [0, 0.1) is 0 Å². The van der Waals surface area contributed by atoms with Gasteiger partial charge in [-0.3, -0.25) is 9.48 Å². The van der Waals surface area contributed by atoms with Crippen LogP contribution in [0.2, 0.25) is 0 Å². The summed E-state index contributed by atoms with van der Waals surface area (Å²) in [6.45, 7) is 2.10. The number of aryl methyl sites for hydroxylation is 1. The van der Waals surface area contributed by atoms with Gasteiger partial charge in [0.1, 0.15) is 5.82 Å². The molecule has 0 bridgehead atoms. The van der Waals surface area contributed by atoms with Gasteiger partial charge >= 0.3 is 0 Å². The zero-order chi connectivity index (χ0) is 15.4. The monoisotopic (exact) mass is 299 g/mol. The van der Waals surface area contributed by atoms with Gasteiger partial charge in [-0.05, 0) is 25.0 Å². The SMILES string of the molecule is Cn1cc(NC(=O)c2ccc(N3CCCCCC3)nc2)cn1. The van der Waals surface area contributed by atoms with Gasteiger partial charge in [0, 0.05) is 32.5 Å². The quantitative estimate of drug-likeness (QED) is 0.945. The number of hydrogen-bond acceptors (Lipinski definition) is 4. The van der Waals surface area contributed by atoms with Crippen LogP contribution in [0.3, 0.4) is 0 Å². The zero-order valence-electron chi connectivity index (χ0n) is 12.8. The van der Waals surface area contributed by atoms with Crippen LogP contribution in [0.25, 0.3) is 0 Å². The van der Waals surface area contributed by atoms with Crippen LogP contribution in [-0.4, -0.2) is 33.8 Å². The molecule has 0 saturated carbocycles. The number of carbonyl (C=O) groups is 1. The highest BCUT2D eigenvalue weighted by molar-refractivity contribution is 6.04. The van der Waals surface area contributed by atoms with E-state index in [9.17, 15) is 4.79 Å². The Morgan fingerprint density at radius 2 is 1.91 bits per heavy atom. The zero-order valence-corrected chi connectivity index (χ0v) is 12.8. The first-order chi connectivity index (χ1) is 10.7. The number of hydrogen-bond donors (Lipinski definition) is 1. The molecule has 0 aliphatic carbocycles. The van der Waals surface area contributed by atoms with E-state index in [-0.39, 0.29) is 5.91 Å². The van der Waals surface area contributed by atoms with Gasteiger partial charge < -0.3 is 10.2 Å². The largest absolute Gasteiger partial charge is 0.357 e. The van der Waals surface area contributed by atoms with Crippen molar-refractivity contribution in [1.82, 2.24) is 14.8 Å². The number of nitrogens with zero attached hydrogens (tertiary/aromatic N) is 4. The lowest BCUT2D eigenvalue weighted by molar-refractivity contribution is 0.102. The fourth-order valence-electron chi connectivity index (χ4n) is 2.70. The van der Waals surface area contributed by atoms with Crippen molar-refractivity contribution < 1.29 is 4.79 Å². The second kappa shape index (κ2) is 6.60. The predicted octanol–water partition coefficient (Wildman–Crippen LogP) is 2.45. The first-order valence-corrected chi connectivity index (χ1v) is 7.73. The Morgan fingerprint density at radius 1 is 1.14 bits per heavy atom. The van der Waals surface area contributed by atoms with Gasteiger partial charge in [-0.1, -0.05) is 12.8 Å². The molecule has 1 aliphatic heterocycles. The Bertz CT molecular complexity index is 626. The van der Waals surface area contributed by atoms with E-state index in [1.807, 2.05) is 19.2 Å². The molecule has 1 N–H and O–H groups in total. The highest BCUT2D eigenvalue weighted by Gasteiger charge is 2.12. The molecule has 1 aliphatic rings. The van der Waals surface area contributed by atoms with Crippen molar-refractivity contribution in [1.29, 1.82) is 0 Å². The second-order valence-corrected chi connectivity index (χ2v) is 5.66. The van der Waals surface area contributed by atoms with Crippen molar-refractivity contribution in [2.24, 2.45) is 7.05 Å². The molecule has 3 rings (SSSR count). The average Bonchev–Trinajstić information content (AvgIpc) is 2.78. The molecule has 2 aromatic rings. The van der Waals surface area contributed by atoms with E-state index in [0.29, 0.717) is 11.3 Å². The molecule has 0 unspecified atom stereocenters. The lowest BCUT2D eigenvalue weighted by Gasteiger charge is -2.21. The van der Waals surface area contributed by atoms with Crippen molar-refractivity contribution in [3.8, 4) is 0 Å². The summed E-state index contributed by atoms with van der Waals surface area (Å²) in [6, 6.07) is 3.77. The number of rotatable bonds is 3. The standard InChI is InChI=1S/C16H21N5O/c1-20-12-14(11-18-20)19-16(22)13-6-7-15(17-10-13)21-8-4-2-3-5-9-21/h6-7,10-12H,2-5,8-9H2,1H3,(H,19,22). The Morgan fingerprint density at radius 3 is 2.50 bits per heavy atom. The molecule has 6 nitrogen and oxygen atoms in total. The third kappa shape index (κ3) is 3.44. The summed E-state index contributed by atoms with van der Waals surface area (Å²) in [5.41, 5.74) is 1.24. The average molecular weight is 299 g/mol. The predicted molar refractivity (Wildman–Crippen MR) is 86.1 cm³/mol. The molecular weight excluding hydrogens is 278 g/mol. The van der Waals surface area contributed by atoms with Gasteiger partial charge in [-0.2, -0.15) is 5.10 Å². The van der Waals surface area contributed by atoms with Crippen LogP contribution in [0.15, 0.2) is 30.7 Å². The summed E-state index contributed by atoms with van der Waals surface area (Å²) in [7, 11) is 1.81. The molecule has 1 saturated heterocycles. The molecule has 0 spiro atoms. The lowest BCUT2D eigenvalue weighted by atomic mass is 10.2. The third-order valence-electron chi connectivity index (χ3n) is 3.90. The van der Waals surface area contributed by atoms with Crippen LogP contribution in [0.4, 0.5) is 11.5 Å². The lowest BCUT2D eigenvalue weighted by Crippen LogP contribution is -2.25. The Balaban J connectivity index is 1.66. The molecule has 22 heavy (non-hydrogen) atoms. The molecule has 0 atom stereocenters. The summed E-state index contributed by atoms with van der Waals surface area (Å²) >= 11 is 0. The topological polar surface area (TPSA) is 63.1 Å². The fourth-order valence-corrected chi connectivity index (χ4v) is 2.70.